The number of unbranched alkanes of at least 4 members (excludes halogenated alkanes) is 4. The maximum Gasteiger partial charge on any atom is 0.307 e. The summed E-state index contributed by atoms with van der Waals surface area (Å²) in [5.41, 5.74) is 9.14. The lowest BCUT2D eigenvalue weighted by molar-refractivity contribution is -0.136. The first kappa shape index (κ1) is 104. The number of rotatable bonds is 20. The average molecular weight is 1740 g/mol. The number of hydrogen-bond donors (Lipinski definition) is 3. The third kappa shape index (κ3) is 44.1. The molecule has 5 atom stereocenters. The molecule has 18 nitrogen and oxygen atoms in total. The number of hydrogen-bond acceptors (Lipinski definition) is 28. The van der Waals surface area contributed by atoms with Crippen molar-refractivity contribution in [1.82, 2.24) is 0 Å². The first-order valence-corrected chi connectivity index (χ1v) is 46.7. The normalized spacial score (nSPS) is 21.4. The van der Waals surface area contributed by atoms with E-state index in [9.17, 15) is 67.1 Å². The molecule has 0 saturated carbocycles. The van der Waals surface area contributed by atoms with Gasteiger partial charge in [-0.3, -0.25) is 62.3 Å². The standard InChI is InChI=1S/C13H22OS.C9H14OS.2C8H10OS.2C8H12OS.C7H8O2S.C6H6O3S.C5H4O3S.2C5H6O2S/c1-8(2)7-10-9(3)12(14)15-11(10)13(4,5)6;1-2-3-4-5-8-6-9(10)11-7-8;2*1-3-6(2)7-4-5-10-8(7)9;2*1-2-3-4-7-5-6-8(9)10-7;8-4-1-2-6-3-5-10-7(6)9;7-5(8)3-4-1-2-10-6(4)9;1-8-3-2-4(6)9-5(3)7;1-3-4(6)2-5(7)8-3;1-3-2-4(6)5(7)8-3/h8,11H,7H2,1-6H3;6H,2-5,7H2,1H3;2*3-4H,5H2,1-2H3;2*5-7H,2-4H2,1H3;3-4H,1-2,5H2;1H,2-3H2,(H,7,8);2H,1H3;2*2-3,6H,1H3/b;;6-3+;6-3-;;;;;;;. The molecule has 0 amide bonds. The van der Waals surface area contributed by atoms with Crippen LogP contribution in [0, 0.1) is 11.3 Å². The van der Waals surface area contributed by atoms with Crippen LogP contribution in [-0.4, -0.2) is 151 Å². The minimum atomic E-state index is -0.943. The molecule has 11 aliphatic rings. The Morgan fingerprint density at radius 3 is 1.39 bits per heavy atom. The molecule has 0 bridgehead atoms. The van der Waals surface area contributed by atoms with Crippen molar-refractivity contribution in [2.45, 2.75) is 220 Å². The highest BCUT2D eigenvalue weighted by Crippen LogP contribution is 2.46. The summed E-state index contributed by atoms with van der Waals surface area (Å²) in [6.07, 6.45) is 39.7. The third-order valence-corrected chi connectivity index (χ3v) is 26.8. The number of carbonyl (C=O) groups excluding carboxylic acids is 13. The van der Waals surface area contributed by atoms with Gasteiger partial charge in [-0.1, -0.05) is 266 Å². The topological polar surface area (TPSA) is 309 Å². The van der Waals surface area contributed by atoms with E-state index < -0.39 is 5.97 Å². The summed E-state index contributed by atoms with van der Waals surface area (Å²) in [4.78, 5) is 149. The van der Waals surface area contributed by atoms with E-state index in [2.05, 4.69) is 60.1 Å². The summed E-state index contributed by atoms with van der Waals surface area (Å²) in [6.45, 7) is 31.1. The van der Waals surface area contributed by atoms with Crippen LogP contribution in [0.3, 0.4) is 0 Å². The number of carboxylic acid groups (broad SMARTS) is 1. The first-order chi connectivity index (χ1) is 52.4. The molecule has 0 fully saturated rings. The van der Waals surface area contributed by atoms with Crippen molar-refractivity contribution >= 4 is 203 Å². The van der Waals surface area contributed by atoms with Crippen LogP contribution < -0.4 is 0 Å². The summed E-state index contributed by atoms with van der Waals surface area (Å²) in [5, 5.41) is 27.9. The molecule has 0 saturated heterocycles. The second kappa shape index (κ2) is 58.0. The molecule has 0 spiro atoms. The fourth-order valence-electron chi connectivity index (χ4n) is 9.83. The highest BCUT2D eigenvalue weighted by Gasteiger charge is 2.38. The van der Waals surface area contributed by atoms with E-state index >= 15 is 0 Å². The molecule has 29 heteroatoms. The van der Waals surface area contributed by atoms with Crippen LogP contribution in [0.1, 0.15) is 194 Å². The number of aliphatic carboxylic acids is 1. The molecule has 3 N–H and O–H groups in total. The number of aliphatic hydroxyl groups is 2. The summed E-state index contributed by atoms with van der Waals surface area (Å²) in [7, 11) is 1.36. The number of thioether (sulfide) groups is 11. The van der Waals surface area contributed by atoms with Gasteiger partial charge < -0.3 is 24.9 Å². The number of methoxy groups -OCH3 is 1. The van der Waals surface area contributed by atoms with Crippen LogP contribution in [0.5, 0.6) is 0 Å². The van der Waals surface area contributed by atoms with Crippen molar-refractivity contribution in [2.24, 2.45) is 11.3 Å². The van der Waals surface area contributed by atoms with Gasteiger partial charge in [-0.05, 0) is 151 Å². The molecule has 11 aliphatic heterocycles. The summed E-state index contributed by atoms with van der Waals surface area (Å²) in [5.74, 6) is 3.98. The van der Waals surface area contributed by atoms with E-state index in [0.29, 0.717) is 57.6 Å². The van der Waals surface area contributed by atoms with Crippen molar-refractivity contribution in [3.8, 4) is 0 Å². The van der Waals surface area contributed by atoms with Gasteiger partial charge in [0.15, 0.2) is 11.5 Å². The average Bonchev–Trinajstić information content (AvgIpc) is 1.65. The Morgan fingerprint density at radius 2 is 1.09 bits per heavy atom. The molecular weight excluding hydrogens is 1630 g/mol. The fraction of sp³-hybridized carbons (Fsp3) is 0.512. The van der Waals surface area contributed by atoms with Gasteiger partial charge in [-0.25, -0.2) is 0 Å². The largest absolute Gasteiger partial charge is 0.511 e. The maximum atomic E-state index is 11.7. The number of ether oxygens (including phenoxy) is 1. The highest BCUT2D eigenvalue weighted by atomic mass is 32.2. The lowest BCUT2D eigenvalue weighted by Gasteiger charge is -2.29. The Balaban J connectivity index is 0.000000613. The van der Waals surface area contributed by atoms with Crippen molar-refractivity contribution in [3.05, 3.63) is 152 Å². The van der Waals surface area contributed by atoms with Crippen LogP contribution in [0.4, 0.5) is 0 Å². The predicted molar refractivity (Wildman–Crippen MR) is 475 cm³/mol. The first-order valence-electron chi connectivity index (χ1n) is 36.6. The molecule has 0 aromatic rings. The molecule has 0 aliphatic carbocycles. The van der Waals surface area contributed by atoms with Gasteiger partial charge >= 0.3 is 5.97 Å². The Labute approximate surface area is 703 Å². The Kier molecular flexibility index (Phi) is 54.4. The zero-order valence-corrected chi connectivity index (χ0v) is 75.5. The number of aldehydes is 1. The Morgan fingerprint density at radius 1 is 0.586 bits per heavy atom. The molecule has 0 aromatic heterocycles. The number of carboxylic acids is 1. The minimum absolute atomic E-state index is 0.0255. The number of carbonyl (C=O) groups is 14. The number of allylic oxidation sites excluding steroid dienone is 4. The molecule has 612 valence electrons. The monoisotopic (exact) mass is 1730 g/mol. The third-order valence-electron chi connectivity index (χ3n) is 16.1. The maximum absolute atomic E-state index is 11.7. The second-order valence-electron chi connectivity index (χ2n) is 26.8. The van der Waals surface area contributed by atoms with Crippen molar-refractivity contribution in [1.29, 1.82) is 0 Å². The summed E-state index contributed by atoms with van der Waals surface area (Å²) in [6, 6.07) is 0. The van der Waals surface area contributed by atoms with Crippen LogP contribution >= 0.6 is 129 Å². The number of aliphatic hydroxyl groups excluding tert-OH is 2. The Hall–Kier alpha value is -4.95. The second-order valence-corrected chi connectivity index (χ2v) is 38.9. The van der Waals surface area contributed by atoms with Crippen LogP contribution in [0.25, 0.3) is 0 Å². The van der Waals surface area contributed by atoms with Crippen molar-refractivity contribution < 1.29 is 87.2 Å². The minimum Gasteiger partial charge on any atom is -0.511 e. The van der Waals surface area contributed by atoms with Gasteiger partial charge in [0.25, 0.3) is 10.2 Å². The molecule has 0 aromatic carbocycles. The van der Waals surface area contributed by atoms with Crippen molar-refractivity contribution in [2.75, 3.05) is 35.9 Å². The van der Waals surface area contributed by atoms with Gasteiger partial charge in [0, 0.05) is 96.2 Å². The van der Waals surface area contributed by atoms with Gasteiger partial charge in [0.1, 0.15) is 12.0 Å². The van der Waals surface area contributed by atoms with E-state index in [4.69, 9.17) is 15.3 Å². The molecular formula is C82H110O18S11. The van der Waals surface area contributed by atoms with E-state index in [-0.39, 0.29) is 101 Å². The van der Waals surface area contributed by atoms with Gasteiger partial charge in [0.05, 0.1) is 18.8 Å². The van der Waals surface area contributed by atoms with E-state index in [1.54, 1.807) is 37.3 Å². The van der Waals surface area contributed by atoms with Crippen LogP contribution in [0.2, 0.25) is 0 Å². The predicted octanol–water partition coefficient (Wildman–Crippen LogP) is 20.2. The van der Waals surface area contributed by atoms with E-state index in [1.807, 2.05) is 84.1 Å². The lowest BCUT2D eigenvalue weighted by atomic mass is 9.83. The van der Waals surface area contributed by atoms with Crippen LogP contribution in [0.15, 0.2) is 152 Å². The van der Waals surface area contributed by atoms with Gasteiger partial charge in [-0.15, -0.1) is 0 Å². The fourth-order valence-corrected chi connectivity index (χ4v) is 19.0. The van der Waals surface area contributed by atoms with Gasteiger partial charge in [-0.2, -0.15) is 0 Å². The summed E-state index contributed by atoms with van der Waals surface area (Å²) >= 11 is 14.0. The SMILES string of the molecule is C/C=C(/C)C1=CCSC1=O.C/C=C(\C)C1=CCSC1=O.CC1=C(CC(C)C)C(C(C)(C)C)SC1=O.CC1C=C(O)C(=O)S1.CC1SC(=O)C=C1O.CCCCC1C=CC(=O)S1.CCCCC1C=CC(=O)S1.CCCCCC1=CC(=O)SC1.COC1=CC(=O)SC1=O.O=C(O)CC1=CCSC1=O.O=CCCC1=CCSC1=O. The molecule has 5 unspecified atom stereocenters. The summed E-state index contributed by atoms with van der Waals surface area (Å²) < 4.78 is 4.56. The van der Waals surface area contributed by atoms with E-state index in [0.717, 1.165) is 124 Å². The Bertz CT molecular complexity index is 3630. The molecule has 11 rings (SSSR count). The highest BCUT2D eigenvalue weighted by molar-refractivity contribution is 8.27. The van der Waals surface area contributed by atoms with Crippen LogP contribution in [-0.2, 0) is 71.9 Å². The smallest absolute Gasteiger partial charge is 0.307 e. The van der Waals surface area contributed by atoms with Gasteiger partial charge in [0.2, 0.25) is 51.2 Å². The zero-order valence-electron chi connectivity index (χ0n) is 66.5. The molecule has 111 heavy (non-hydrogen) atoms. The molecule has 0 radical (unpaired) electrons. The lowest BCUT2D eigenvalue weighted by Crippen LogP contribution is -2.24. The molecule has 11 heterocycles. The zero-order chi connectivity index (χ0) is 83.9. The quantitative estimate of drug-likeness (QED) is 0.0753. The van der Waals surface area contributed by atoms with Crippen molar-refractivity contribution in [3.63, 3.8) is 0 Å². The van der Waals surface area contributed by atoms with E-state index in [1.165, 1.54) is 158 Å².